The molecule has 24 heavy (non-hydrogen) atoms. The molecule has 5 nitrogen and oxygen atoms in total. The van der Waals surface area contributed by atoms with Gasteiger partial charge in [-0.15, -0.1) is 0 Å². The van der Waals surface area contributed by atoms with Crippen LogP contribution < -0.4 is 5.32 Å². The van der Waals surface area contributed by atoms with E-state index in [0.717, 1.165) is 12.0 Å². The Bertz CT molecular complexity index is 653. The van der Waals surface area contributed by atoms with Crippen LogP contribution in [0.3, 0.4) is 0 Å². The van der Waals surface area contributed by atoms with Crippen molar-refractivity contribution in [1.29, 1.82) is 0 Å². The van der Waals surface area contributed by atoms with Gasteiger partial charge in [0.2, 0.25) is 15.9 Å². The Balaban J connectivity index is 1.90. The predicted molar refractivity (Wildman–Crippen MR) is 96.3 cm³/mol. The first kappa shape index (κ1) is 19.2. The summed E-state index contributed by atoms with van der Waals surface area (Å²) in [5.74, 6) is -0.0893. The summed E-state index contributed by atoms with van der Waals surface area (Å²) in [5, 5.41) is 3.57. The molecule has 1 fully saturated rings. The van der Waals surface area contributed by atoms with E-state index < -0.39 is 10.0 Å². The summed E-state index contributed by atoms with van der Waals surface area (Å²) < 4.78 is 26.6. The number of hydrogen-bond acceptors (Lipinski definition) is 3. The van der Waals surface area contributed by atoms with Crippen molar-refractivity contribution in [3.05, 3.63) is 34.9 Å². The van der Waals surface area contributed by atoms with Gasteiger partial charge in [-0.1, -0.05) is 30.7 Å². The summed E-state index contributed by atoms with van der Waals surface area (Å²) in [5.41, 5.74) is 0.719. The third kappa shape index (κ3) is 5.19. The third-order valence-electron chi connectivity index (χ3n) is 4.48. The van der Waals surface area contributed by atoms with Gasteiger partial charge in [0.1, 0.15) is 0 Å². The van der Waals surface area contributed by atoms with Crippen molar-refractivity contribution < 1.29 is 13.2 Å². The van der Waals surface area contributed by atoms with Crippen molar-refractivity contribution in [3.63, 3.8) is 0 Å². The summed E-state index contributed by atoms with van der Waals surface area (Å²) in [6.07, 6.45) is 2.03. The van der Waals surface area contributed by atoms with Gasteiger partial charge in [0.05, 0.1) is 5.75 Å². The molecule has 1 aromatic rings. The highest BCUT2D eigenvalue weighted by molar-refractivity contribution is 7.88. The first-order valence-electron chi connectivity index (χ1n) is 8.34. The molecular formula is C17H25ClN2O3S. The molecule has 0 radical (unpaired) electrons. The summed E-state index contributed by atoms with van der Waals surface area (Å²) >= 11 is 5.83. The molecule has 1 aliphatic heterocycles. The van der Waals surface area contributed by atoms with Gasteiger partial charge in [-0.2, -0.15) is 0 Å². The quantitative estimate of drug-likeness (QED) is 0.834. The first-order valence-corrected chi connectivity index (χ1v) is 10.3. The minimum Gasteiger partial charge on any atom is -0.353 e. The lowest BCUT2D eigenvalue weighted by atomic mass is 9.97. The molecule has 7 heteroatoms. The van der Waals surface area contributed by atoms with Crippen LogP contribution in [0.1, 0.15) is 38.7 Å². The highest BCUT2D eigenvalue weighted by Gasteiger charge is 2.31. The maximum atomic E-state index is 12.5. The summed E-state index contributed by atoms with van der Waals surface area (Å²) in [6.45, 7) is 4.80. The number of hydrogen-bond donors (Lipinski definition) is 1. The van der Waals surface area contributed by atoms with E-state index in [1.165, 1.54) is 4.31 Å². The predicted octanol–water partition coefficient (Wildman–Crippen LogP) is 2.80. The summed E-state index contributed by atoms with van der Waals surface area (Å²) in [4.78, 5) is 12.2. The van der Waals surface area contributed by atoms with E-state index in [0.29, 0.717) is 31.0 Å². The molecule has 1 heterocycles. The highest BCUT2D eigenvalue weighted by Crippen LogP contribution is 2.22. The Labute approximate surface area is 149 Å². The Morgan fingerprint density at radius 1 is 1.29 bits per heavy atom. The number of benzene rings is 1. The number of carbonyl (C=O) groups is 1. The van der Waals surface area contributed by atoms with Gasteiger partial charge in [0, 0.05) is 30.1 Å². The second-order valence-electron chi connectivity index (χ2n) is 6.37. The van der Waals surface area contributed by atoms with Gasteiger partial charge >= 0.3 is 0 Å². The molecular weight excluding hydrogens is 348 g/mol. The van der Waals surface area contributed by atoms with E-state index in [4.69, 9.17) is 11.6 Å². The lowest BCUT2D eigenvalue weighted by Gasteiger charge is -2.31. The number of piperidine rings is 1. The van der Waals surface area contributed by atoms with Crippen LogP contribution in [-0.2, 0) is 20.6 Å². The van der Waals surface area contributed by atoms with Gasteiger partial charge in [-0.3, -0.25) is 4.79 Å². The zero-order valence-corrected chi connectivity index (χ0v) is 15.7. The Kier molecular flexibility index (Phi) is 6.66. The number of nitrogens with one attached hydrogen (secondary N) is 1. The van der Waals surface area contributed by atoms with E-state index in [-0.39, 0.29) is 23.6 Å². The molecule has 1 saturated heterocycles. The van der Waals surface area contributed by atoms with Gasteiger partial charge < -0.3 is 5.32 Å². The maximum Gasteiger partial charge on any atom is 0.223 e. The molecule has 0 aliphatic carbocycles. The highest BCUT2D eigenvalue weighted by atomic mass is 35.5. The molecule has 1 N–H and O–H groups in total. The fraction of sp³-hybridized carbons (Fsp3) is 0.588. The van der Waals surface area contributed by atoms with E-state index >= 15 is 0 Å². The zero-order chi connectivity index (χ0) is 17.7. The SMILES string of the molecule is CC[C@H](C)NC(=O)C1CCN(S(=O)(=O)Cc2ccc(Cl)cc2)CC1. The van der Waals surface area contributed by atoms with Crippen LogP contribution >= 0.6 is 11.6 Å². The normalized spacial score (nSPS) is 18.3. The minimum atomic E-state index is -3.37. The minimum absolute atomic E-state index is 0.0338. The van der Waals surface area contributed by atoms with Crippen molar-refractivity contribution in [2.75, 3.05) is 13.1 Å². The molecule has 1 aromatic carbocycles. The Morgan fingerprint density at radius 3 is 2.42 bits per heavy atom. The molecule has 0 bridgehead atoms. The number of sulfonamides is 1. The van der Waals surface area contributed by atoms with E-state index in [9.17, 15) is 13.2 Å². The summed E-state index contributed by atoms with van der Waals surface area (Å²) in [6, 6.07) is 7.00. The van der Waals surface area contributed by atoms with Crippen LogP contribution in [0.4, 0.5) is 0 Å². The lowest BCUT2D eigenvalue weighted by molar-refractivity contribution is -0.126. The fourth-order valence-corrected chi connectivity index (χ4v) is 4.43. The first-order chi connectivity index (χ1) is 11.3. The molecule has 1 aliphatic rings. The third-order valence-corrected chi connectivity index (χ3v) is 6.58. The molecule has 0 unspecified atom stereocenters. The maximum absolute atomic E-state index is 12.5. The van der Waals surface area contributed by atoms with Gasteiger partial charge in [0.25, 0.3) is 0 Å². The van der Waals surface area contributed by atoms with Crippen LogP contribution in [0.25, 0.3) is 0 Å². The molecule has 0 saturated carbocycles. The number of rotatable bonds is 6. The number of amides is 1. The van der Waals surface area contributed by atoms with Crippen LogP contribution in [-0.4, -0.2) is 37.8 Å². The average Bonchev–Trinajstić information content (AvgIpc) is 2.56. The molecule has 0 aromatic heterocycles. The molecule has 0 spiro atoms. The van der Waals surface area contributed by atoms with Crippen LogP contribution in [0, 0.1) is 5.92 Å². The van der Waals surface area contributed by atoms with Crippen molar-refractivity contribution in [3.8, 4) is 0 Å². The van der Waals surface area contributed by atoms with Gasteiger partial charge in [0.15, 0.2) is 0 Å². The molecule has 1 atom stereocenters. The zero-order valence-electron chi connectivity index (χ0n) is 14.2. The second kappa shape index (κ2) is 8.32. The smallest absolute Gasteiger partial charge is 0.223 e. The number of nitrogens with zero attached hydrogens (tertiary/aromatic N) is 1. The van der Waals surface area contributed by atoms with E-state index in [2.05, 4.69) is 5.32 Å². The van der Waals surface area contributed by atoms with Crippen molar-refractivity contribution in [2.24, 2.45) is 5.92 Å². The van der Waals surface area contributed by atoms with Gasteiger partial charge in [-0.05, 0) is 43.9 Å². The van der Waals surface area contributed by atoms with Crippen molar-refractivity contribution >= 4 is 27.5 Å². The van der Waals surface area contributed by atoms with Crippen LogP contribution in [0.2, 0.25) is 5.02 Å². The number of carbonyl (C=O) groups excluding carboxylic acids is 1. The number of halogens is 1. The fourth-order valence-electron chi connectivity index (χ4n) is 2.74. The molecule has 2 rings (SSSR count). The molecule has 1 amide bonds. The van der Waals surface area contributed by atoms with E-state index in [1.54, 1.807) is 24.3 Å². The largest absolute Gasteiger partial charge is 0.353 e. The monoisotopic (exact) mass is 372 g/mol. The topological polar surface area (TPSA) is 66.5 Å². The van der Waals surface area contributed by atoms with E-state index in [1.807, 2.05) is 13.8 Å². The standard InChI is InChI=1S/C17H25ClN2O3S/c1-3-13(2)19-17(21)15-8-10-20(11-9-15)24(22,23)12-14-4-6-16(18)7-5-14/h4-7,13,15H,3,8-12H2,1-2H3,(H,19,21)/t13-/m0/s1. The van der Waals surface area contributed by atoms with Gasteiger partial charge in [-0.25, -0.2) is 12.7 Å². The summed E-state index contributed by atoms with van der Waals surface area (Å²) in [7, 11) is -3.37. The second-order valence-corrected chi connectivity index (χ2v) is 8.78. The Morgan fingerprint density at radius 2 is 1.88 bits per heavy atom. The average molecular weight is 373 g/mol. The molecule has 134 valence electrons. The van der Waals surface area contributed by atoms with Crippen molar-refractivity contribution in [2.45, 2.75) is 44.9 Å². The van der Waals surface area contributed by atoms with Crippen LogP contribution in [0.15, 0.2) is 24.3 Å². The Hall–Kier alpha value is -1.11. The lowest BCUT2D eigenvalue weighted by Crippen LogP contribution is -2.44. The van der Waals surface area contributed by atoms with Crippen LogP contribution in [0.5, 0.6) is 0 Å². The van der Waals surface area contributed by atoms with Crippen molar-refractivity contribution in [1.82, 2.24) is 9.62 Å².